The zero-order valence-corrected chi connectivity index (χ0v) is 20.2. The fraction of sp³-hybridized carbons (Fsp3) is 0.120. The van der Waals surface area contributed by atoms with Crippen LogP contribution in [0.2, 0.25) is 5.02 Å². The topological polar surface area (TPSA) is 153 Å². The summed E-state index contributed by atoms with van der Waals surface area (Å²) in [7, 11) is 0. The lowest BCUT2D eigenvalue weighted by molar-refractivity contribution is 0.0999. The highest BCUT2D eigenvalue weighted by atomic mass is 35.5. The molecule has 0 radical (unpaired) electrons. The average Bonchev–Trinajstić information content (AvgIpc) is 3.57. The molecule has 12 heteroatoms. The number of rotatable bonds is 8. The molecule has 1 amide bonds. The van der Waals surface area contributed by atoms with E-state index in [1.165, 1.54) is 17.1 Å². The van der Waals surface area contributed by atoms with E-state index in [0.29, 0.717) is 35.1 Å². The molecule has 0 saturated heterocycles. The van der Waals surface area contributed by atoms with E-state index < -0.39 is 11.9 Å². The summed E-state index contributed by atoms with van der Waals surface area (Å²) in [5, 5.41) is 16.3. The molecule has 5 aromatic rings. The van der Waals surface area contributed by atoms with E-state index in [0.717, 1.165) is 11.1 Å². The minimum absolute atomic E-state index is 0.0612. The van der Waals surface area contributed by atoms with Gasteiger partial charge >= 0.3 is 0 Å². The lowest BCUT2D eigenvalue weighted by atomic mass is 9.99. The van der Waals surface area contributed by atoms with Crippen LogP contribution in [0, 0.1) is 0 Å². The van der Waals surface area contributed by atoms with Gasteiger partial charge in [0, 0.05) is 29.0 Å². The van der Waals surface area contributed by atoms with Crippen LogP contribution in [-0.4, -0.2) is 40.5 Å². The summed E-state index contributed by atoms with van der Waals surface area (Å²) in [5.41, 5.74) is 15.8. The van der Waals surface area contributed by atoms with Crippen LogP contribution in [0.15, 0.2) is 84.2 Å². The molecule has 0 spiro atoms. The molecule has 0 bridgehead atoms. The van der Waals surface area contributed by atoms with E-state index in [-0.39, 0.29) is 11.1 Å². The van der Waals surface area contributed by atoms with Crippen molar-refractivity contribution in [3.05, 3.63) is 123 Å². The number of carbonyl (C=O) groups excluding carboxylic acids is 1. The molecule has 4 N–H and O–H groups in total. The maximum absolute atomic E-state index is 12.3. The van der Waals surface area contributed by atoms with E-state index in [1.807, 2.05) is 30.3 Å². The van der Waals surface area contributed by atoms with Gasteiger partial charge in [0.15, 0.2) is 0 Å². The Kier molecular flexibility index (Phi) is 6.62. The number of carbonyl (C=O) groups is 1. The molecule has 3 heterocycles. The maximum Gasteiger partial charge on any atom is 0.252 e. The van der Waals surface area contributed by atoms with Crippen molar-refractivity contribution in [2.45, 2.75) is 19.1 Å². The van der Waals surface area contributed by atoms with Crippen molar-refractivity contribution in [2.75, 3.05) is 0 Å². The molecule has 186 valence electrons. The monoisotopic (exact) mass is 515 g/mol. The third kappa shape index (κ3) is 5.17. The first kappa shape index (κ1) is 24.1. The lowest BCUT2D eigenvalue weighted by Crippen LogP contribution is -2.21. The molecule has 3 aromatic heterocycles. The molecule has 1 unspecified atom stereocenters. The number of benzene rings is 2. The Labute approximate surface area is 215 Å². The number of hydrogen-bond acceptors (Lipinski definition) is 7. The Hall–Kier alpha value is -4.61. The van der Waals surface area contributed by atoms with Crippen LogP contribution in [-0.2, 0) is 13.1 Å². The molecule has 0 saturated carbocycles. The van der Waals surface area contributed by atoms with Crippen molar-refractivity contribution in [1.29, 1.82) is 0 Å². The maximum atomic E-state index is 12.3. The molecule has 11 nitrogen and oxygen atoms in total. The third-order valence-electron chi connectivity index (χ3n) is 5.89. The molecule has 5 rings (SSSR count). The zero-order chi connectivity index (χ0) is 25.9. The van der Waals surface area contributed by atoms with Crippen molar-refractivity contribution in [1.82, 2.24) is 34.6 Å². The minimum atomic E-state index is -0.826. The van der Waals surface area contributed by atoms with Crippen molar-refractivity contribution in [2.24, 2.45) is 11.5 Å². The van der Waals surface area contributed by atoms with Gasteiger partial charge in [-0.15, -0.1) is 5.10 Å². The Bertz CT molecular complexity index is 1610. The second-order valence-electron chi connectivity index (χ2n) is 8.41. The molecular formula is C25H22ClN9O2. The molecule has 0 aliphatic heterocycles. The van der Waals surface area contributed by atoms with Crippen LogP contribution < -0.4 is 17.0 Å². The van der Waals surface area contributed by atoms with Crippen LogP contribution in [0.25, 0.3) is 5.69 Å². The summed E-state index contributed by atoms with van der Waals surface area (Å²) in [6, 6.07) is 17.1. The van der Waals surface area contributed by atoms with Gasteiger partial charge in [-0.2, -0.15) is 5.10 Å². The van der Waals surface area contributed by atoms with Gasteiger partial charge in [-0.05, 0) is 45.8 Å². The first-order valence-corrected chi connectivity index (χ1v) is 11.7. The first-order chi connectivity index (χ1) is 17.9. The lowest BCUT2D eigenvalue weighted by Gasteiger charge is -2.15. The van der Waals surface area contributed by atoms with Crippen LogP contribution in [0.5, 0.6) is 0 Å². The number of halogens is 1. The molecule has 2 aromatic carbocycles. The van der Waals surface area contributed by atoms with Crippen LogP contribution in [0.4, 0.5) is 0 Å². The van der Waals surface area contributed by atoms with E-state index in [2.05, 4.69) is 20.6 Å². The summed E-state index contributed by atoms with van der Waals surface area (Å²) in [6.45, 7) is 0.851. The van der Waals surface area contributed by atoms with E-state index in [9.17, 15) is 9.59 Å². The van der Waals surface area contributed by atoms with Gasteiger partial charge in [0.2, 0.25) is 0 Å². The molecule has 0 aliphatic carbocycles. The van der Waals surface area contributed by atoms with Crippen molar-refractivity contribution in [3.8, 4) is 5.69 Å². The number of amides is 1. The van der Waals surface area contributed by atoms with E-state index in [4.69, 9.17) is 23.1 Å². The van der Waals surface area contributed by atoms with E-state index in [1.54, 1.807) is 45.9 Å². The fourth-order valence-corrected chi connectivity index (χ4v) is 4.24. The minimum Gasteiger partial charge on any atom is -0.365 e. The Morgan fingerprint density at radius 2 is 1.78 bits per heavy atom. The van der Waals surface area contributed by atoms with Crippen molar-refractivity contribution < 1.29 is 4.79 Å². The summed E-state index contributed by atoms with van der Waals surface area (Å²) in [4.78, 5) is 24.2. The van der Waals surface area contributed by atoms with Gasteiger partial charge in [-0.25, -0.2) is 4.68 Å². The Morgan fingerprint density at radius 3 is 2.46 bits per heavy atom. The highest BCUT2D eigenvalue weighted by Crippen LogP contribution is 2.29. The van der Waals surface area contributed by atoms with Gasteiger partial charge in [-0.3, -0.25) is 14.3 Å². The highest BCUT2D eigenvalue weighted by molar-refractivity contribution is 6.30. The number of tetrazole rings is 1. The SMILES string of the molecule is NC(=O)c1cn(Cc2ccc(Cn3ccccc3=O)cc2)nc1C(N)c1cc(Cl)ccc1-n1cnnn1. The fourth-order valence-electron chi connectivity index (χ4n) is 4.06. The summed E-state index contributed by atoms with van der Waals surface area (Å²) >= 11 is 6.24. The highest BCUT2D eigenvalue weighted by Gasteiger charge is 2.24. The van der Waals surface area contributed by atoms with Gasteiger partial charge in [0.25, 0.3) is 11.5 Å². The molecule has 0 aliphatic rings. The molecule has 1 atom stereocenters. The predicted molar refractivity (Wildman–Crippen MR) is 136 cm³/mol. The quantitative estimate of drug-likeness (QED) is 0.320. The largest absolute Gasteiger partial charge is 0.365 e. The average molecular weight is 516 g/mol. The summed E-state index contributed by atoms with van der Waals surface area (Å²) < 4.78 is 4.71. The second kappa shape index (κ2) is 10.2. The number of nitrogens with zero attached hydrogens (tertiary/aromatic N) is 7. The number of nitrogens with two attached hydrogens (primary N) is 2. The molecule has 0 fully saturated rings. The number of pyridine rings is 1. The second-order valence-corrected chi connectivity index (χ2v) is 8.84. The van der Waals surface area contributed by atoms with Gasteiger partial charge in [0.05, 0.1) is 36.1 Å². The van der Waals surface area contributed by atoms with Crippen molar-refractivity contribution >= 4 is 17.5 Å². The number of primary amides is 1. The zero-order valence-electron chi connectivity index (χ0n) is 19.5. The van der Waals surface area contributed by atoms with Gasteiger partial charge < -0.3 is 16.0 Å². The molecular weight excluding hydrogens is 494 g/mol. The smallest absolute Gasteiger partial charge is 0.252 e. The first-order valence-electron chi connectivity index (χ1n) is 11.3. The van der Waals surface area contributed by atoms with Gasteiger partial charge in [0.1, 0.15) is 6.33 Å². The Balaban J connectivity index is 1.41. The van der Waals surface area contributed by atoms with Crippen LogP contribution in [0.3, 0.4) is 0 Å². The van der Waals surface area contributed by atoms with E-state index >= 15 is 0 Å². The number of hydrogen-bond donors (Lipinski definition) is 2. The summed E-state index contributed by atoms with van der Waals surface area (Å²) in [5.74, 6) is -0.647. The third-order valence-corrected chi connectivity index (χ3v) is 6.13. The Morgan fingerprint density at radius 1 is 1.03 bits per heavy atom. The predicted octanol–water partition coefficient (Wildman–Crippen LogP) is 1.92. The molecule has 37 heavy (non-hydrogen) atoms. The van der Waals surface area contributed by atoms with Crippen LogP contribution in [0.1, 0.15) is 38.8 Å². The normalized spacial score (nSPS) is 11.9. The standard InChI is InChI=1S/C25H22ClN9O2/c26-18-8-9-21(35-15-29-31-32-35)19(11-18)23(27)24-20(25(28)37)14-34(30-24)13-17-6-4-16(5-7-17)12-33-10-2-1-3-22(33)36/h1-11,14-15,23H,12-13,27H2,(H2,28,37). The number of aromatic nitrogens is 7. The summed E-state index contributed by atoms with van der Waals surface area (Å²) in [6.07, 6.45) is 4.77. The van der Waals surface area contributed by atoms with Gasteiger partial charge in [-0.1, -0.05) is 41.9 Å². The van der Waals surface area contributed by atoms with Crippen molar-refractivity contribution in [3.63, 3.8) is 0 Å². The van der Waals surface area contributed by atoms with Crippen LogP contribution >= 0.6 is 11.6 Å².